The Bertz CT molecular complexity index is 745. The summed E-state index contributed by atoms with van der Waals surface area (Å²) in [7, 11) is 0. The maximum absolute atomic E-state index is 12.1. The van der Waals surface area contributed by atoms with Crippen LogP contribution in [0.2, 0.25) is 5.15 Å². The van der Waals surface area contributed by atoms with Crippen molar-refractivity contribution < 1.29 is 13.5 Å². The van der Waals surface area contributed by atoms with E-state index in [1.165, 1.54) is 16.6 Å². The van der Waals surface area contributed by atoms with Gasteiger partial charge in [-0.15, -0.1) is 10.2 Å². The van der Waals surface area contributed by atoms with Crippen molar-refractivity contribution in [3.8, 4) is 17.1 Å². The molecular formula is C12H7ClF2N4O. The molecule has 2 aromatic heterocycles. The minimum absolute atomic E-state index is 0.0727. The van der Waals surface area contributed by atoms with Crippen LogP contribution in [0.1, 0.15) is 0 Å². The molecule has 102 valence electrons. The van der Waals surface area contributed by atoms with Crippen molar-refractivity contribution in [2.45, 2.75) is 6.61 Å². The molecule has 0 bridgehead atoms. The van der Waals surface area contributed by atoms with Crippen molar-refractivity contribution in [1.82, 2.24) is 19.8 Å². The van der Waals surface area contributed by atoms with Crippen molar-refractivity contribution in [2.75, 3.05) is 0 Å². The maximum Gasteiger partial charge on any atom is 0.387 e. The molecule has 0 radical (unpaired) electrons. The van der Waals surface area contributed by atoms with Crippen molar-refractivity contribution in [3.63, 3.8) is 0 Å². The van der Waals surface area contributed by atoms with E-state index in [0.717, 1.165) is 0 Å². The predicted octanol–water partition coefficient (Wildman–Crippen LogP) is 3.05. The maximum atomic E-state index is 12.1. The van der Waals surface area contributed by atoms with Gasteiger partial charge in [0.1, 0.15) is 10.9 Å². The van der Waals surface area contributed by atoms with E-state index >= 15 is 0 Å². The third-order valence-corrected chi connectivity index (χ3v) is 2.77. The SMILES string of the molecule is FC(F)Oc1ccc(-c2nnc3ccc(Cl)nn23)cc1. The van der Waals surface area contributed by atoms with Gasteiger partial charge in [0.2, 0.25) is 0 Å². The summed E-state index contributed by atoms with van der Waals surface area (Å²) in [6, 6.07) is 9.32. The molecule has 1 aromatic carbocycles. The average molecular weight is 297 g/mol. The van der Waals surface area contributed by atoms with Gasteiger partial charge in [0, 0.05) is 5.56 Å². The number of nitrogens with zero attached hydrogens (tertiary/aromatic N) is 4. The topological polar surface area (TPSA) is 52.3 Å². The van der Waals surface area contributed by atoms with Crippen LogP contribution in [-0.2, 0) is 0 Å². The van der Waals surface area contributed by atoms with Gasteiger partial charge >= 0.3 is 6.61 Å². The van der Waals surface area contributed by atoms with Gasteiger partial charge in [-0.1, -0.05) is 11.6 Å². The molecule has 0 N–H and O–H groups in total. The highest BCUT2D eigenvalue weighted by atomic mass is 35.5. The van der Waals surface area contributed by atoms with E-state index in [1.807, 2.05) is 0 Å². The summed E-state index contributed by atoms with van der Waals surface area (Å²) in [5, 5.41) is 12.3. The van der Waals surface area contributed by atoms with Crippen LogP contribution in [0, 0.1) is 0 Å². The molecule has 0 spiro atoms. The third kappa shape index (κ3) is 2.39. The number of hydrogen-bond donors (Lipinski definition) is 0. The largest absolute Gasteiger partial charge is 0.435 e. The van der Waals surface area contributed by atoms with E-state index in [0.29, 0.717) is 22.2 Å². The summed E-state index contributed by atoms with van der Waals surface area (Å²) in [5.41, 5.74) is 1.20. The predicted molar refractivity (Wildman–Crippen MR) is 67.9 cm³/mol. The minimum Gasteiger partial charge on any atom is -0.435 e. The van der Waals surface area contributed by atoms with E-state index in [2.05, 4.69) is 20.0 Å². The third-order valence-electron chi connectivity index (χ3n) is 2.57. The second-order valence-corrected chi connectivity index (χ2v) is 4.24. The number of rotatable bonds is 3. The van der Waals surface area contributed by atoms with E-state index in [4.69, 9.17) is 11.6 Å². The number of hydrogen-bond acceptors (Lipinski definition) is 4. The van der Waals surface area contributed by atoms with Crippen LogP contribution >= 0.6 is 11.6 Å². The second-order valence-electron chi connectivity index (χ2n) is 3.85. The average Bonchev–Trinajstić information content (AvgIpc) is 2.82. The van der Waals surface area contributed by atoms with Gasteiger partial charge in [-0.3, -0.25) is 0 Å². The van der Waals surface area contributed by atoms with E-state index < -0.39 is 6.61 Å². The first kappa shape index (κ1) is 12.7. The zero-order valence-corrected chi connectivity index (χ0v) is 10.6. The van der Waals surface area contributed by atoms with Crippen LogP contribution in [-0.4, -0.2) is 26.4 Å². The Morgan fingerprint density at radius 1 is 1.05 bits per heavy atom. The highest BCUT2D eigenvalue weighted by Gasteiger charge is 2.10. The molecule has 0 aliphatic heterocycles. The number of fused-ring (bicyclic) bond motifs is 1. The van der Waals surface area contributed by atoms with E-state index in [1.54, 1.807) is 24.3 Å². The fourth-order valence-electron chi connectivity index (χ4n) is 1.73. The molecule has 0 amide bonds. The Morgan fingerprint density at radius 2 is 1.80 bits per heavy atom. The van der Waals surface area contributed by atoms with Gasteiger partial charge in [-0.2, -0.15) is 18.4 Å². The molecule has 3 rings (SSSR count). The molecule has 20 heavy (non-hydrogen) atoms. The van der Waals surface area contributed by atoms with Crippen LogP contribution in [0.4, 0.5) is 8.78 Å². The Morgan fingerprint density at radius 3 is 2.50 bits per heavy atom. The summed E-state index contributed by atoms with van der Waals surface area (Å²) in [4.78, 5) is 0. The summed E-state index contributed by atoms with van der Waals surface area (Å²) in [6.45, 7) is -2.85. The highest BCUT2D eigenvalue weighted by Crippen LogP contribution is 2.22. The normalized spacial score (nSPS) is 11.2. The lowest BCUT2D eigenvalue weighted by atomic mass is 10.2. The lowest BCUT2D eigenvalue weighted by Crippen LogP contribution is -2.01. The standard InChI is InChI=1S/C12H7ClF2N4O/c13-9-5-6-10-16-17-11(19(10)18-9)7-1-3-8(4-2-7)20-12(14)15/h1-6,12H. The van der Waals surface area contributed by atoms with Crippen molar-refractivity contribution in [2.24, 2.45) is 0 Å². The van der Waals surface area contributed by atoms with E-state index in [-0.39, 0.29) is 5.75 Å². The highest BCUT2D eigenvalue weighted by molar-refractivity contribution is 6.29. The first-order valence-electron chi connectivity index (χ1n) is 5.57. The Labute approximate surface area is 116 Å². The zero-order valence-electron chi connectivity index (χ0n) is 9.87. The Hall–Kier alpha value is -2.28. The monoisotopic (exact) mass is 296 g/mol. The van der Waals surface area contributed by atoms with Crippen molar-refractivity contribution in [1.29, 1.82) is 0 Å². The summed E-state index contributed by atoms with van der Waals surface area (Å²) in [5.74, 6) is 0.537. The Balaban J connectivity index is 2.00. The van der Waals surface area contributed by atoms with Gasteiger partial charge < -0.3 is 4.74 Å². The fraction of sp³-hybridized carbons (Fsp3) is 0.0833. The second kappa shape index (κ2) is 5.01. The van der Waals surface area contributed by atoms with Gasteiger partial charge in [-0.25, -0.2) is 0 Å². The van der Waals surface area contributed by atoms with Crippen LogP contribution in [0.25, 0.3) is 17.0 Å². The first-order valence-corrected chi connectivity index (χ1v) is 5.94. The lowest BCUT2D eigenvalue weighted by Gasteiger charge is -2.04. The zero-order chi connectivity index (χ0) is 14.1. The number of alkyl halides is 2. The summed E-state index contributed by atoms with van der Waals surface area (Å²) in [6.07, 6.45) is 0. The first-order chi connectivity index (χ1) is 9.63. The van der Waals surface area contributed by atoms with E-state index in [9.17, 15) is 8.78 Å². The number of ether oxygens (including phenoxy) is 1. The number of halogens is 3. The van der Waals surface area contributed by atoms with Crippen LogP contribution in [0.3, 0.4) is 0 Å². The Kier molecular flexibility index (Phi) is 3.19. The molecule has 3 aromatic rings. The van der Waals surface area contributed by atoms with Crippen LogP contribution in [0.5, 0.6) is 5.75 Å². The molecule has 0 saturated heterocycles. The quantitative estimate of drug-likeness (QED) is 0.745. The molecule has 0 atom stereocenters. The molecular weight excluding hydrogens is 290 g/mol. The number of benzene rings is 1. The minimum atomic E-state index is -2.85. The van der Waals surface area contributed by atoms with Gasteiger partial charge in [0.05, 0.1) is 0 Å². The molecule has 0 aliphatic carbocycles. The van der Waals surface area contributed by atoms with Crippen molar-refractivity contribution in [3.05, 3.63) is 41.6 Å². The molecule has 0 unspecified atom stereocenters. The van der Waals surface area contributed by atoms with Gasteiger partial charge in [0.25, 0.3) is 0 Å². The van der Waals surface area contributed by atoms with Crippen LogP contribution < -0.4 is 4.74 Å². The summed E-state index contributed by atoms with van der Waals surface area (Å²) >= 11 is 5.83. The van der Waals surface area contributed by atoms with Crippen LogP contribution in [0.15, 0.2) is 36.4 Å². The molecule has 0 fully saturated rings. The van der Waals surface area contributed by atoms with Gasteiger partial charge in [0.15, 0.2) is 11.5 Å². The molecule has 5 nitrogen and oxygen atoms in total. The fourth-order valence-corrected chi connectivity index (χ4v) is 1.87. The van der Waals surface area contributed by atoms with Crippen molar-refractivity contribution >= 4 is 17.2 Å². The lowest BCUT2D eigenvalue weighted by molar-refractivity contribution is -0.0498. The smallest absolute Gasteiger partial charge is 0.387 e. The van der Waals surface area contributed by atoms with Gasteiger partial charge in [-0.05, 0) is 36.4 Å². The number of aromatic nitrogens is 4. The molecule has 2 heterocycles. The summed E-state index contributed by atoms with van der Waals surface area (Å²) < 4.78 is 29.9. The molecule has 0 aliphatic rings. The molecule has 8 heteroatoms. The molecule has 0 saturated carbocycles.